The van der Waals surface area contributed by atoms with Gasteiger partial charge in [0.25, 0.3) is 0 Å². The molecule has 0 saturated carbocycles. The number of hydrogen-bond donors (Lipinski definition) is 0. The van der Waals surface area contributed by atoms with Crippen molar-refractivity contribution in [3.8, 4) is 11.5 Å². The van der Waals surface area contributed by atoms with Gasteiger partial charge in [0.1, 0.15) is 11.5 Å². The Kier molecular flexibility index (Phi) is 13.3. The van der Waals surface area contributed by atoms with Crippen LogP contribution in [0.5, 0.6) is 11.5 Å². The Balaban J connectivity index is 0.000000283. The van der Waals surface area contributed by atoms with E-state index in [4.69, 9.17) is 9.47 Å². The normalized spacial score (nSPS) is 10.5. The van der Waals surface area contributed by atoms with Crippen LogP contribution in [0.2, 0.25) is 0 Å². The standard InChI is InChI=1S/C13H22OS.C11H18OS/c1-5-6-7-8-9-12-10(2)15-11(3)13(12)14-4;1-3-4-5-6-7-10-8-13-9-11(10)12-2/h5-9H2,1-4H3;8-9H,3-7H2,1-2H3. The van der Waals surface area contributed by atoms with Gasteiger partial charge in [-0.2, -0.15) is 0 Å². The van der Waals surface area contributed by atoms with Crippen LogP contribution in [0.1, 0.15) is 86.1 Å². The van der Waals surface area contributed by atoms with E-state index < -0.39 is 0 Å². The van der Waals surface area contributed by atoms with Crippen LogP contribution in [-0.2, 0) is 12.8 Å². The lowest BCUT2D eigenvalue weighted by Gasteiger charge is -2.05. The lowest BCUT2D eigenvalue weighted by Crippen LogP contribution is -1.91. The molecular formula is C24H40O2S2. The third-order valence-electron chi connectivity index (χ3n) is 5.03. The van der Waals surface area contributed by atoms with Gasteiger partial charge >= 0.3 is 0 Å². The molecule has 0 aliphatic heterocycles. The number of methoxy groups -OCH3 is 2. The molecule has 0 aliphatic rings. The predicted octanol–water partition coefficient (Wildman–Crippen LogP) is 8.38. The van der Waals surface area contributed by atoms with Gasteiger partial charge in [-0.1, -0.05) is 52.4 Å². The van der Waals surface area contributed by atoms with Crippen LogP contribution in [0.25, 0.3) is 0 Å². The SMILES string of the molecule is CCCCCCc1c(C)sc(C)c1OC.CCCCCCc1cscc1OC. The summed E-state index contributed by atoms with van der Waals surface area (Å²) in [5.74, 6) is 2.20. The van der Waals surface area contributed by atoms with Gasteiger partial charge in [0.05, 0.1) is 14.2 Å². The highest BCUT2D eigenvalue weighted by Crippen LogP contribution is 2.35. The first-order valence-electron chi connectivity index (χ1n) is 10.8. The Bertz CT molecular complexity index is 643. The van der Waals surface area contributed by atoms with Crippen LogP contribution < -0.4 is 9.47 Å². The summed E-state index contributed by atoms with van der Waals surface area (Å²) in [4.78, 5) is 2.75. The topological polar surface area (TPSA) is 18.5 Å². The molecule has 0 amide bonds. The first-order chi connectivity index (χ1) is 13.6. The molecule has 160 valence electrons. The van der Waals surface area contributed by atoms with Gasteiger partial charge < -0.3 is 9.47 Å². The van der Waals surface area contributed by atoms with Gasteiger partial charge in [-0.15, -0.1) is 22.7 Å². The molecular weight excluding hydrogens is 384 g/mol. The minimum absolute atomic E-state index is 1.07. The molecule has 2 aromatic heterocycles. The summed E-state index contributed by atoms with van der Waals surface area (Å²) < 4.78 is 10.7. The third-order valence-corrected chi connectivity index (χ3v) is 6.85. The molecule has 0 aliphatic carbocycles. The zero-order chi connectivity index (χ0) is 20.8. The zero-order valence-corrected chi connectivity index (χ0v) is 20.5. The van der Waals surface area contributed by atoms with E-state index in [1.165, 1.54) is 85.1 Å². The number of aryl methyl sites for hydroxylation is 3. The van der Waals surface area contributed by atoms with E-state index in [0.717, 1.165) is 11.5 Å². The van der Waals surface area contributed by atoms with E-state index in [9.17, 15) is 0 Å². The van der Waals surface area contributed by atoms with Crippen LogP contribution in [0, 0.1) is 13.8 Å². The van der Waals surface area contributed by atoms with Crippen LogP contribution in [0.15, 0.2) is 10.8 Å². The van der Waals surface area contributed by atoms with Crippen molar-refractivity contribution in [3.05, 3.63) is 31.6 Å². The fourth-order valence-corrected chi connectivity index (χ4v) is 5.32. The second-order valence-corrected chi connectivity index (χ2v) is 9.49. The van der Waals surface area contributed by atoms with E-state index in [2.05, 4.69) is 38.5 Å². The monoisotopic (exact) mass is 424 g/mol. The van der Waals surface area contributed by atoms with E-state index in [1.807, 2.05) is 11.3 Å². The lowest BCUT2D eigenvalue weighted by molar-refractivity contribution is 0.408. The van der Waals surface area contributed by atoms with Crippen molar-refractivity contribution < 1.29 is 9.47 Å². The molecule has 0 saturated heterocycles. The average molecular weight is 425 g/mol. The summed E-state index contributed by atoms with van der Waals surface area (Å²) in [6.45, 7) is 8.84. The first kappa shape index (κ1) is 25.0. The summed E-state index contributed by atoms with van der Waals surface area (Å²) in [6.07, 6.45) is 12.9. The van der Waals surface area contributed by atoms with Gasteiger partial charge in [0, 0.05) is 26.3 Å². The second kappa shape index (κ2) is 14.9. The molecule has 0 aromatic carbocycles. The van der Waals surface area contributed by atoms with Crippen molar-refractivity contribution in [1.29, 1.82) is 0 Å². The van der Waals surface area contributed by atoms with Crippen molar-refractivity contribution in [2.24, 2.45) is 0 Å². The zero-order valence-electron chi connectivity index (χ0n) is 18.9. The van der Waals surface area contributed by atoms with Gasteiger partial charge in [-0.3, -0.25) is 0 Å². The largest absolute Gasteiger partial charge is 0.496 e. The predicted molar refractivity (Wildman–Crippen MR) is 127 cm³/mol. The summed E-state index contributed by atoms with van der Waals surface area (Å²) in [6, 6.07) is 0. The summed E-state index contributed by atoms with van der Waals surface area (Å²) >= 11 is 3.59. The minimum atomic E-state index is 1.07. The Morgan fingerprint density at radius 1 is 0.750 bits per heavy atom. The van der Waals surface area contributed by atoms with Crippen LogP contribution >= 0.6 is 22.7 Å². The molecule has 2 heterocycles. The number of rotatable bonds is 12. The molecule has 4 heteroatoms. The van der Waals surface area contributed by atoms with E-state index >= 15 is 0 Å². The number of hydrogen-bond acceptors (Lipinski definition) is 4. The fraction of sp³-hybridized carbons (Fsp3) is 0.667. The Hall–Kier alpha value is -1.00. The molecule has 2 aromatic rings. The Morgan fingerprint density at radius 3 is 1.96 bits per heavy atom. The second-order valence-electron chi connectivity index (χ2n) is 7.31. The number of thiophene rings is 2. The van der Waals surface area contributed by atoms with Crippen molar-refractivity contribution in [3.63, 3.8) is 0 Å². The van der Waals surface area contributed by atoms with Gasteiger partial charge in [-0.25, -0.2) is 0 Å². The lowest BCUT2D eigenvalue weighted by atomic mass is 10.1. The van der Waals surface area contributed by atoms with Gasteiger partial charge in [0.15, 0.2) is 0 Å². The van der Waals surface area contributed by atoms with Gasteiger partial charge in [0.2, 0.25) is 0 Å². The van der Waals surface area contributed by atoms with E-state index in [1.54, 1.807) is 25.6 Å². The third kappa shape index (κ3) is 8.57. The summed E-state index contributed by atoms with van der Waals surface area (Å²) in [5.41, 5.74) is 2.82. The van der Waals surface area contributed by atoms with Gasteiger partial charge in [-0.05, 0) is 44.9 Å². The molecule has 0 radical (unpaired) electrons. The molecule has 0 spiro atoms. The van der Waals surface area contributed by atoms with Crippen LogP contribution in [0.3, 0.4) is 0 Å². The highest BCUT2D eigenvalue weighted by Gasteiger charge is 2.12. The Morgan fingerprint density at radius 2 is 1.39 bits per heavy atom. The quantitative estimate of drug-likeness (QED) is 0.318. The Labute approximate surface area is 181 Å². The maximum atomic E-state index is 5.46. The molecule has 2 nitrogen and oxygen atoms in total. The number of ether oxygens (including phenoxy) is 2. The smallest absolute Gasteiger partial charge is 0.135 e. The number of unbranched alkanes of at least 4 members (excludes halogenated alkanes) is 6. The maximum absolute atomic E-state index is 5.46. The summed E-state index contributed by atoms with van der Waals surface area (Å²) in [5, 5.41) is 4.28. The molecule has 28 heavy (non-hydrogen) atoms. The fourth-order valence-electron chi connectivity index (χ4n) is 3.41. The molecule has 0 N–H and O–H groups in total. The first-order valence-corrected chi connectivity index (χ1v) is 12.6. The van der Waals surface area contributed by atoms with Crippen molar-refractivity contribution >= 4 is 22.7 Å². The highest BCUT2D eigenvalue weighted by molar-refractivity contribution is 7.12. The molecule has 0 atom stereocenters. The molecule has 2 rings (SSSR count). The van der Waals surface area contributed by atoms with E-state index in [-0.39, 0.29) is 0 Å². The average Bonchev–Trinajstić information content (AvgIpc) is 3.26. The minimum Gasteiger partial charge on any atom is -0.496 e. The van der Waals surface area contributed by atoms with E-state index in [0.29, 0.717) is 0 Å². The summed E-state index contributed by atoms with van der Waals surface area (Å²) in [7, 11) is 3.53. The van der Waals surface area contributed by atoms with Crippen LogP contribution in [0.4, 0.5) is 0 Å². The molecule has 0 unspecified atom stereocenters. The van der Waals surface area contributed by atoms with Crippen molar-refractivity contribution in [2.75, 3.05) is 14.2 Å². The highest BCUT2D eigenvalue weighted by atomic mass is 32.1. The molecule has 0 bridgehead atoms. The molecule has 0 fully saturated rings. The van der Waals surface area contributed by atoms with Crippen LogP contribution in [-0.4, -0.2) is 14.2 Å². The van der Waals surface area contributed by atoms with Crippen molar-refractivity contribution in [2.45, 2.75) is 91.9 Å². The maximum Gasteiger partial charge on any atom is 0.135 e. The van der Waals surface area contributed by atoms with Crippen molar-refractivity contribution in [1.82, 2.24) is 0 Å².